The maximum Gasteiger partial charge on any atom is 0.302 e. The molecule has 3 rings (SSSR count). The fourth-order valence-electron chi connectivity index (χ4n) is 2.86. The van der Waals surface area contributed by atoms with E-state index in [-0.39, 0.29) is 18.4 Å². The van der Waals surface area contributed by atoms with E-state index < -0.39 is 12.0 Å². The Balaban J connectivity index is 1.89. The van der Waals surface area contributed by atoms with Gasteiger partial charge in [-0.05, 0) is 24.1 Å². The zero-order chi connectivity index (χ0) is 17.1. The number of ether oxygens (including phenoxy) is 1. The second-order valence-corrected chi connectivity index (χ2v) is 5.67. The van der Waals surface area contributed by atoms with Crippen molar-refractivity contribution in [2.45, 2.75) is 19.4 Å². The van der Waals surface area contributed by atoms with Gasteiger partial charge in [-0.2, -0.15) is 0 Å². The third-order valence-corrected chi connectivity index (χ3v) is 3.98. The molecule has 0 aliphatic carbocycles. The Labute approximate surface area is 139 Å². The van der Waals surface area contributed by atoms with E-state index in [0.717, 1.165) is 5.56 Å². The van der Waals surface area contributed by atoms with Crippen LogP contribution in [-0.4, -0.2) is 35.3 Å². The molecule has 5 heteroatoms. The number of esters is 1. The third kappa shape index (κ3) is 3.06. The van der Waals surface area contributed by atoms with E-state index in [2.05, 4.69) is 0 Å². The molecular formula is C19H17NO4. The summed E-state index contributed by atoms with van der Waals surface area (Å²) in [7, 11) is 0. The van der Waals surface area contributed by atoms with Crippen LogP contribution in [-0.2, 0) is 16.0 Å². The topological polar surface area (TPSA) is 63.7 Å². The predicted octanol–water partition coefficient (Wildman–Crippen LogP) is 2.46. The highest BCUT2D eigenvalue weighted by Gasteiger charge is 2.40. The smallest absolute Gasteiger partial charge is 0.302 e. The Bertz CT molecular complexity index is 750. The molecule has 0 N–H and O–H groups in total. The molecule has 0 saturated carbocycles. The third-order valence-electron chi connectivity index (χ3n) is 3.98. The van der Waals surface area contributed by atoms with Crippen LogP contribution in [0.15, 0.2) is 54.6 Å². The maximum atomic E-state index is 12.6. The van der Waals surface area contributed by atoms with Crippen molar-refractivity contribution in [3.8, 4) is 0 Å². The summed E-state index contributed by atoms with van der Waals surface area (Å²) in [6.45, 7) is 1.29. The molecule has 0 aromatic heterocycles. The van der Waals surface area contributed by atoms with Crippen molar-refractivity contribution in [1.29, 1.82) is 0 Å². The first kappa shape index (κ1) is 15.9. The average Bonchev–Trinajstić information content (AvgIpc) is 2.84. The minimum atomic E-state index is -0.538. The zero-order valence-electron chi connectivity index (χ0n) is 13.3. The largest absolute Gasteiger partial charge is 0.464 e. The first-order valence-electron chi connectivity index (χ1n) is 7.72. The van der Waals surface area contributed by atoms with Crippen molar-refractivity contribution in [2.75, 3.05) is 6.61 Å². The van der Waals surface area contributed by atoms with Crippen LogP contribution in [0.25, 0.3) is 0 Å². The molecule has 0 saturated heterocycles. The first-order valence-corrected chi connectivity index (χ1v) is 7.72. The summed E-state index contributed by atoms with van der Waals surface area (Å²) in [6, 6.07) is 15.7. The molecule has 0 radical (unpaired) electrons. The Morgan fingerprint density at radius 3 is 2.04 bits per heavy atom. The number of amides is 2. The highest BCUT2D eigenvalue weighted by atomic mass is 16.5. The van der Waals surface area contributed by atoms with Gasteiger partial charge in [0.15, 0.2) is 0 Å². The number of rotatable bonds is 5. The van der Waals surface area contributed by atoms with Crippen LogP contribution < -0.4 is 0 Å². The molecular weight excluding hydrogens is 306 g/mol. The fourth-order valence-corrected chi connectivity index (χ4v) is 2.86. The van der Waals surface area contributed by atoms with Crippen LogP contribution in [0, 0.1) is 0 Å². The minimum absolute atomic E-state index is 0.0182. The van der Waals surface area contributed by atoms with Gasteiger partial charge in [0, 0.05) is 6.92 Å². The second-order valence-electron chi connectivity index (χ2n) is 5.67. The van der Waals surface area contributed by atoms with E-state index >= 15 is 0 Å². The van der Waals surface area contributed by atoms with Crippen LogP contribution in [0.3, 0.4) is 0 Å². The van der Waals surface area contributed by atoms with Gasteiger partial charge >= 0.3 is 5.97 Å². The van der Waals surface area contributed by atoms with Crippen molar-refractivity contribution in [3.63, 3.8) is 0 Å². The molecule has 1 unspecified atom stereocenters. The number of hydrogen-bond donors (Lipinski definition) is 0. The maximum absolute atomic E-state index is 12.6. The first-order chi connectivity index (χ1) is 11.6. The molecule has 0 spiro atoms. The zero-order valence-corrected chi connectivity index (χ0v) is 13.3. The highest BCUT2D eigenvalue weighted by molar-refractivity contribution is 6.21. The molecule has 2 aromatic carbocycles. The van der Waals surface area contributed by atoms with Crippen molar-refractivity contribution >= 4 is 17.8 Å². The quantitative estimate of drug-likeness (QED) is 0.626. The van der Waals surface area contributed by atoms with E-state index in [1.807, 2.05) is 30.3 Å². The summed E-state index contributed by atoms with van der Waals surface area (Å²) < 4.78 is 5.10. The molecule has 1 heterocycles. The van der Waals surface area contributed by atoms with Crippen LogP contribution >= 0.6 is 0 Å². The summed E-state index contributed by atoms with van der Waals surface area (Å²) in [4.78, 5) is 37.7. The fraction of sp³-hybridized carbons (Fsp3) is 0.211. The van der Waals surface area contributed by atoms with E-state index in [1.54, 1.807) is 24.3 Å². The van der Waals surface area contributed by atoms with E-state index in [4.69, 9.17) is 4.74 Å². The number of hydrogen-bond acceptors (Lipinski definition) is 4. The summed E-state index contributed by atoms with van der Waals surface area (Å²) >= 11 is 0. The number of fused-ring (bicyclic) bond motifs is 1. The summed E-state index contributed by atoms with van der Waals surface area (Å²) in [6.07, 6.45) is 0.430. The van der Waals surface area contributed by atoms with E-state index in [0.29, 0.717) is 17.5 Å². The molecule has 122 valence electrons. The van der Waals surface area contributed by atoms with Gasteiger partial charge in [-0.1, -0.05) is 42.5 Å². The SMILES string of the molecule is CC(=O)OCC(Cc1ccccc1)N1C(=O)c2ccccc2C1=O. The standard InChI is InChI=1S/C19H17NO4/c1-13(21)24-12-15(11-14-7-3-2-4-8-14)20-18(22)16-9-5-6-10-17(16)19(20)23/h2-10,15H,11-12H2,1H3. The van der Waals surface area contributed by atoms with E-state index in [9.17, 15) is 14.4 Å². The molecule has 1 aliphatic heterocycles. The average molecular weight is 323 g/mol. The Hall–Kier alpha value is -2.95. The summed E-state index contributed by atoms with van der Waals surface area (Å²) in [5, 5.41) is 0. The minimum Gasteiger partial charge on any atom is -0.464 e. The van der Waals surface area contributed by atoms with Gasteiger partial charge in [-0.25, -0.2) is 0 Å². The molecule has 0 bridgehead atoms. The number of carbonyl (C=O) groups excluding carboxylic acids is 3. The Morgan fingerprint density at radius 2 is 1.50 bits per heavy atom. The summed E-state index contributed by atoms with van der Waals surface area (Å²) in [5.74, 6) is -1.13. The monoisotopic (exact) mass is 323 g/mol. The summed E-state index contributed by atoms with van der Waals surface area (Å²) in [5.41, 5.74) is 1.75. The number of carbonyl (C=O) groups is 3. The molecule has 5 nitrogen and oxygen atoms in total. The van der Waals surface area contributed by atoms with Crippen LogP contribution in [0.2, 0.25) is 0 Å². The number of benzene rings is 2. The predicted molar refractivity (Wildman–Crippen MR) is 87.5 cm³/mol. The van der Waals surface area contributed by atoms with Crippen molar-refractivity contribution in [3.05, 3.63) is 71.3 Å². The number of imide groups is 1. The van der Waals surface area contributed by atoms with Crippen molar-refractivity contribution < 1.29 is 19.1 Å². The van der Waals surface area contributed by atoms with E-state index in [1.165, 1.54) is 11.8 Å². The molecule has 1 aliphatic rings. The second kappa shape index (κ2) is 6.66. The highest BCUT2D eigenvalue weighted by Crippen LogP contribution is 2.26. The number of nitrogens with zero attached hydrogens (tertiary/aromatic N) is 1. The van der Waals surface area contributed by atoms with Crippen LogP contribution in [0.1, 0.15) is 33.2 Å². The molecule has 24 heavy (non-hydrogen) atoms. The normalized spacial score (nSPS) is 14.5. The van der Waals surface area contributed by atoms with Gasteiger partial charge in [0.1, 0.15) is 6.61 Å². The Kier molecular flexibility index (Phi) is 4.42. The lowest BCUT2D eigenvalue weighted by Crippen LogP contribution is -2.44. The van der Waals surface area contributed by atoms with Gasteiger partial charge in [0.2, 0.25) is 0 Å². The lowest BCUT2D eigenvalue weighted by atomic mass is 10.1. The lowest BCUT2D eigenvalue weighted by Gasteiger charge is -2.26. The molecule has 2 amide bonds. The van der Waals surface area contributed by atoms with Gasteiger partial charge < -0.3 is 4.74 Å². The van der Waals surface area contributed by atoms with Gasteiger partial charge in [0.05, 0.1) is 17.2 Å². The van der Waals surface area contributed by atoms with Crippen LogP contribution in [0.4, 0.5) is 0 Å². The van der Waals surface area contributed by atoms with Crippen molar-refractivity contribution in [2.24, 2.45) is 0 Å². The van der Waals surface area contributed by atoms with Gasteiger partial charge in [-0.3, -0.25) is 19.3 Å². The molecule has 2 aromatic rings. The lowest BCUT2D eigenvalue weighted by molar-refractivity contribution is -0.142. The molecule has 0 fully saturated rings. The van der Waals surface area contributed by atoms with Crippen LogP contribution in [0.5, 0.6) is 0 Å². The van der Waals surface area contributed by atoms with Gasteiger partial charge in [-0.15, -0.1) is 0 Å². The molecule has 1 atom stereocenters. The Morgan fingerprint density at radius 1 is 0.958 bits per heavy atom. The van der Waals surface area contributed by atoms with Crippen molar-refractivity contribution in [1.82, 2.24) is 4.90 Å². The van der Waals surface area contributed by atoms with Gasteiger partial charge in [0.25, 0.3) is 11.8 Å².